The Morgan fingerprint density at radius 3 is 2.94 bits per heavy atom. The number of rotatable bonds is 6. The number of hydrogen-bond acceptors (Lipinski definition) is 4. The molecule has 1 rings (SSSR count). The number of carboxylic acids is 1. The van der Waals surface area contributed by atoms with Crippen molar-refractivity contribution >= 4 is 12.0 Å². The van der Waals surface area contributed by atoms with Crippen molar-refractivity contribution in [3.8, 4) is 0 Å². The molecule has 1 aromatic rings. The largest absolute Gasteiger partial charge is 0.480 e. The zero-order chi connectivity index (χ0) is 12.7. The Bertz CT molecular complexity index is 389. The van der Waals surface area contributed by atoms with Crippen LogP contribution in [0.5, 0.6) is 0 Å². The molecule has 17 heavy (non-hydrogen) atoms. The van der Waals surface area contributed by atoms with Crippen molar-refractivity contribution in [2.75, 3.05) is 13.1 Å². The second-order valence-corrected chi connectivity index (χ2v) is 3.15. The van der Waals surface area contributed by atoms with Crippen molar-refractivity contribution in [2.24, 2.45) is 0 Å². The molecule has 0 unspecified atom stereocenters. The van der Waals surface area contributed by atoms with E-state index in [9.17, 15) is 9.59 Å². The molecule has 0 aromatic carbocycles. The number of urea groups is 1. The lowest BCUT2D eigenvalue weighted by molar-refractivity contribution is -0.137. The minimum atomic E-state index is -1.08. The summed E-state index contributed by atoms with van der Waals surface area (Å²) < 4.78 is 0. The van der Waals surface area contributed by atoms with E-state index in [0.717, 1.165) is 4.90 Å². The van der Waals surface area contributed by atoms with Gasteiger partial charge in [0, 0.05) is 6.54 Å². The SMILES string of the molecule is C=CCN(CC(=O)O)C(=O)NCc1ncn[nH]1. The normalized spacial score (nSPS) is 9.65. The molecule has 0 aliphatic heterocycles. The van der Waals surface area contributed by atoms with Crippen LogP contribution in [0.25, 0.3) is 0 Å². The molecule has 3 N–H and O–H groups in total. The molecule has 92 valence electrons. The smallest absolute Gasteiger partial charge is 0.323 e. The van der Waals surface area contributed by atoms with Crippen molar-refractivity contribution < 1.29 is 14.7 Å². The number of amides is 2. The van der Waals surface area contributed by atoms with E-state index < -0.39 is 12.0 Å². The van der Waals surface area contributed by atoms with Gasteiger partial charge in [-0.1, -0.05) is 6.08 Å². The maximum atomic E-state index is 11.6. The second kappa shape index (κ2) is 6.26. The van der Waals surface area contributed by atoms with E-state index in [1.54, 1.807) is 0 Å². The van der Waals surface area contributed by atoms with Gasteiger partial charge in [0.2, 0.25) is 0 Å². The average Bonchev–Trinajstić information content (AvgIpc) is 2.77. The van der Waals surface area contributed by atoms with Crippen LogP contribution >= 0.6 is 0 Å². The molecule has 0 bridgehead atoms. The maximum Gasteiger partial charge on any atom is 0.323 e. The zero-order valence-electron chi connectivity index (χ0n) is 9.09. The Balaban J connectivity index is 2.46. The van der Waals surface area contributed by atoms with Crippen LogP contribution < -0.4 is 5.32 Å². The van der Waals surface area contributed by atoms with Gasteiger partial charge in [0.1, 0.15) is 18.7 Å². The van der Waals surface area contributed by atoms with E-state index in [-0.39, 0.29) is 19.6 Å². The van der Waals surface area contributed by atoms with Gasteiger partial charge >= 0.3 is 12.0 Å². The fourth-order valence-electron chi connectivity index (χ4n) is 1.13. The Labute approximate surface area is 97.3 Å². The number of carbonyl (C=O) groups excluding carboxylic acids is 1. The number of hydrogen-bond donors (Lipinski definition) is 3. The molecule has 1 heterocycles. The minimum absolute atomic E-state index is 0.159. The molecule has 0 aliphatic carbocycles. The summed E-state index contributed by atoms with van der Waals surface area (Å²) in [5.74, 6) is -0.589. The third-order valence-electron chi connectivity index (χ3n) is 1.83. The molecule has 2 amide bonds. The number of nitrogens with zero attached hydrogens (tertiary/aromatic N) is 3. The van der Waals surface area contributed by atoms with Gasteiger partial charge in [-0.2, -0.15) is 5.10 Å². The molecule has 0 radical (unpaired) electrons. The third-order valence-corrected chi connectivity index (χ3v) is 1.83. The fourth-order valence-corrected chi connectivity index (χ4v) is 1.13. The van der Waals surface area contributed by atoms with E-state index in [1.807, 2.05) is 0 Å². The van der Waals surface area contributed by atoms with Crippen LogP contribution in [-0.2, 0) is 11.3 Å². The molecule has 0 aliphatic rings. The lowest BCUT2D eigenvalue weighted by atomic mass is 10.4. The highest BCUT2D eigenvalue weighted by atomic mass is 16.4. The number of carbonyl (C=O) groups is 2. The first-order valence-corrected chi connectivity index (χ1v) is 4.83. The van der Waals surface area contributed by atoms with E-state index in [4.69, 9.17) is 5.11 Å². The monoisotopic (exact) mass is 239 g/mol. The molecule has 0 saturated carbocycles. The van der Waals surface area contributed by atoms with E-state index in [0.29, 0.717) is 5.82 Å². The summed E-state index contributed by atoms with van der Waals surface area (Å²) in [6, 6.07) is -0.497. The molecule has 0 spiro atoms. The third kappa shape index (κ3) is 4.33. The summed E-state index contributed by atoms with van der Waals surface area (Å²) in [7, 11) is 0. The quantitative estimate of drug-likeness (QED) is 0.584. The summed E-state index contributed by atoms with van der Waals surface area (Å²) in [4.78, 5) is 27.1. The molecule has 8 heteroatoms. The van der Waals surface area contributed by atoms with Gasteiger partial charge in [-0.25, -0.2) is 9.78 Å². The number of aromatic amines is 1. The Hall–Kier alpha value is -2.38. The fraction of sp³-hybridized carbons (Fsp3) is 0.333. The predicted molar refractivity (Wildman–Crippen MR) is 58.0 cm³/mol. The summed E-state index contributed by atoms with van der Waals surface area (Å²) in [6.45, 7) is 3.40. The van der Waals surface area contributed by atoms with Gasteiger partial charge in [-0.05, 0) is 0 Å². The highest BCUT2D eigenvalue weighted by Crippen LogP contribution is 1.92. The van der Waals surface area contributed by atoms with Gasteiger partial charge in [0.05, 0.1) is 6.54 Å². The predicted octanol–water partition coefficient (Wildman–Crippen LogP) is -0.413. The van der Waals surface area contributed by atoms with Crippen LogP contribution in [0.4, 0.5) is 4.79 Å². The van der Waals surface area contributed by atoms with Gasteiger partial charge in [0.15, 0.2) is 0 Å². The summed E-state index contributed by atoms with van der Waals surface area (Å²) in [5, 5.41) is 17.3. The number of aromatic nitrogens is 3. The molecule has 0 saturated heterocycles. The number of aliphatic carboxylic acids is 1. The lowest BCUT2D eigenvalue weighted by Crippen LogP contribution is -2.42. The van der Waals surface area contributed by atoms with Crippen molar-refractivity contribution in [3.05, 3.63) is 24.8 Å². The van der Waals surface area contributed by atoms with Crippen molar-refractivity contribution in [2.45, 2.75) is 6.54 Å². The van der Waals surface area contributed by atoms with Crippen LogP contribution in [0, 0.1) is 0 Å². The molecular formula is C9H13N5O3. The van der Waals surface area contributed by atoms with Gasteiger partial charge in [-0.3, -0.25) is 9.89 Å². The standard InChI is InChI=1S/C9H13N5O3/c1-2-3-14(5-8(15)16)9(17)10-4-7-11-6-12-13-7/h2,6H,1,3-5H2,(H,10,17)(H,15,16)(H,11,12,13). The molecule has 1 aromatic heterocycles. The number of H-pyrrole nitrogens is 1. The summed E-state index contributed by atoms with van der Waals surface area (Å²) >= 11 is 0. The first-order valence-electron chi connectivity index (χ1n) is 4.83. The number of nitrogens with one attached hydrogen (secondary N) is 2. The van der Waals surface area contributed by atoms with Crippen molar-refractivity contribution in [3.63, 3.8) is 0 Å². The van der Waals surface area contributed by atoms with Crippen LogP contribution in [0.15, 0.2) is 19.0 Å². The van der Waals surface area contributed by atoms with Crippen molar-refractivity contribution in [1.82, 2.24) is 25.4 Å². The highest BCUT2D eigenvalue weighted by molar-refractivity contribution is 5.80. The average molecular weight is 239 g/mol. The van der Waals surface area contributed by atoms with E-state index in [2.05, 4.69) is 27.1 Å². The first kappa shape index (κ1) is 12.7. The van der Waals surface area contributed by atoms with Crippen LogP contribution in [0.2, 0.25) is 0 Å². The zero-order valence-corrected chi connectivity index (χ0v) is 9.09. The molecular weight excluding hydrogens is 226 g/mol. The van der Waals surface area contributed by atoms with Gasteiger partial charge in [-0.15, -0.1) is 6.58 Å². The maximum absolute atomic E-state index is 11.6. The van der Waals surface area contributed by atoms with Crippen LogP contribution in [-0.4, -0.2) is 50.3 Å². The highest BCUT2D eigenvalue weighted by Gasteiger charge is 2.15. The van der Waals surface area contributed by atoms with Crippen molar-refractivity contribution in [1.29, 1.82) is 0 Å². The lowest BCUT2D eigenvalue weighted by Gasteiger charge is -2.18. The minimum Gasteiger partial charge on any atom is -0.480 e. The molecule has 8 nitrogen and oxygen atoms in total. The van der Waals surface area contributed by atoms with E-state index in [1.165, 1.54) is 12.4 Å². The van der Waals surface area contributed by atoms with Crippen LogP contribution in [0.1, 0.15) is 5.82 Å². The van der Waals surface area contributed by atoms with Gasteiger partial charge in [0.25, 0.3) is 0 Å². The summed E-state index contributed by atoms with van der Waals surface area (Å²) in [6.07, 6.45) is 2.78. The van der Waals surface area contributed by atoms with Gasteiger partial charge < -0.3 is 15.3 Å². The molecule has 0 atom stereocenters. The topological polar surface area (TPSA) is 111 Å². The van der Waals surface area contributed by atoms with Crippen LogP contribution in [0.3, 0.4) is 0 Å². The summed E-state index contributed by atoms with van der Waals surface area (Å²) in [5.41, 5.74) is 0. The first-order chi connectivity index (χ1) is 8.13. The Morgan fingerprint density at radius 2 is 2.41 bits per heavy atom. The van der Waals surface area contributed by atoms with E-state index >= 15 is 0 Å². The second-order valence-electron chi connectivity index (χ2n) is 3.15. The Morgan fingerprint density at radius 1 is 1.65 bits per heavy atom. The molecule has 0 fully saturated rings. The Kier molecular flexibility index (Phi) is 4.67. The number of carboxylic acid groups (broad SMARTS) is 1.